The maximum absolute atomic E-state index is 12.1. The van der Waals surface area contributed by atoms with E-state index in [9.17, 15) is 28.8 Å². The Bertz CT molecular complexity index is 1060. The Morgan fingerprint density at radius 3 is 1.73 bits per heavy atom. The van der Waals surface area contributed by atoms with E-state index in [0.29, 0.717) is 0 Å². The van der Waals surface area contributed by atoms with Crippen LogP contribution in [0.5, 0.6) is 0 Å². The van der Waals surface area contributed by atoms with Gasteiger partial charge in [-0.2, -0.15) is 4.99 Å². The Labute approximate surface area is 239 Å². The maximum atomic E-state index is 12.1. The molecule has 2 fully saturated rings. The van der Waals surface area contributed by atoms with E-state index in [1.165, 1.54) is 0 Å². The summed E-state index contributed by atoms with van der Waals surface area (Å²) >= 11 is 4.67. The molecule has 0 N–H and O–H groups in total. The second-order valence-electron chi connectivity index (χ2n) is 8.83. The first-order chi connectivity index (χ1) is 19.2. The molecule has 0 aromatic carbocycles. The standard InChI is InChI=1S/C24H31NO15S/c1-10(26)32-7-17-18(20(36-13(4)29)21(37-14(5)30)23(39-17)25-9-41)40-24-22(38-15(6)31)19(35-12(3)28)16(8-33-24)34-11(2)27/h16-24H,7-8H2,1-6H3. The van der Waals surface area contributed by atoms with Gasteiger partial charge in [-0.05, 0) is 12.2 Å². The lowest BCUT2D eigenvalue weighted by Gasteiger charge is -2.46. The summed E-state index contributed by atoms with van der Waals surface area (Å²) in [6.45, 7) is 5.72. The number of isothiocyanates is 1. The summed E-state index contributed by atoms with van der Waals surface area (Å²) < 4.78 is 49.4. The van der Waals surface area contributed by atoms with Gasteiger partial charge < -0.3 is 42.6 Å². The quantitative estimate of drug-likeness (QED) is 0.137. The molecular weight excluding hydrogens is 574 g/mol. The molecule has 0 amide bonds. The van der Waals surface area contributed by atoms with Crippen molar-refractivity contribution in [2.24, 2.45) is 4.99 Å². The summed E-state index contributed by atoms with van der Waals surface area (Å²) in [6.07, 6.45) is -12.6. The van der Waals surface area contributed by atoms with Gasteiger partial charge in [0.25, 0.3) is 0 Å². The number of aliphatic imine (C=N–C) groups is 1. The van der Waals surface area contributed by atoms with Crippen LogP contribution in [0.4, 0.5) is 0 Å². The van der Waals surface area contributed by atoms with Crippen molar-refractivity contribution < 1.29 is 71.4 Å². The summed E-state index contributed by atoms with van der Waals surface area (Å²) in [6, 6.07) is 0. The largest absolute Gasteiger partial charge is 0.463 e. The van der Waals surface area contributed by atoms with E-state index in [2.05, 4.69) is 22.4 Å². The Balaban J connectivity index is 2.58. The molecule has 2 aliphatic rings. The smallest absolute Gasteiger partial charge is 0.303 e. The number of thiocarbonyl (C=S) groups is 1. The molecule has 0 aliphatic carbocycles. The zero-order valence-corrected chi connectivity index (χ0v) is 23.9. The molecule has 0 aromatic heterocycles. The van der Waals surface area contributed by atoms with Crippen LogP contribution in [-0.2, 0) is 71.4 Å². The van der Waals surface area contributed by atoms with Crippen LogP contribution >= 0.6 is 12.2 Å². The third kappa shape index (κ3) is 10.1. The minimum atomic E-state index is -1.56. The third-order valence-corrected chi connectivity index (χ3v) is 5.55. The van der Waals surface area contributed by atoms with Crippen molar-refractivity contribution in [2.45, 2.75) is 96.8 Å². The Morgan fingerprint density at radius 2 is 1.22 bits per heavy atom. The van der Waals surface area contributed by atoms with Crippen LogP contribution in [0.1, 0.15) is 41.5 Å². The highest BCUT2D eigenvalue weighted by Gasteiger charge is 2.55. The van der Waals surface area contributed by atoms with E-state index < -0.39 is 97.7 Å². The van der Waals surface area contributed by atoms with Gasteiger partial charge in [0.15, 0.2) is 43.0 Å². The first-order valence-electron chi connectivity index (χ1n) is 12.2. The van der Waals surface area contributed by atoms with Gasteiger partial charge in [0.2, 0.25) is 0 Å². The lowest BCUT2D eigenvalue weighted by molar-refractivity contribution is -0.327. The van der Waals surface area contributed by atoms with Gasteiger partial charge in [-0.3, -0.25) is 28.8 Å². The predicted octanol–water partition coefficient (Wildman–Crippen LogP) is -0.223. The fourth-order valence-electron chi connectivity index (χ4n) is 4.17. The van der Waals surface area contributed by atoms with Crippen LogP contribution in [0.3, 0.4) is 0 Å². The first kappa shape index (κ1) is 33.7. The number of esters is 6. The molecule has 0 bridgehead atoms. The van der Waals surface area contributed by atoms with Crippen LogP contribution in [0.2, 0.25) is 0 Å². The SMILES string of the molecule is CC(=O)OCC1OC(N=C=S)C(OC(C)=O)C(OC(C)=O)C1OC1OCC(OC(C)=O)C(OC(C)=O)C1OC(C)=O. The fourth-order valence-corrected chi connectivity index (χ4v) is 4.28. The van der Waals surface area contributed by atoms with E-state index in [1.807, 2.05) is 0 Å². The van der Waals surface area contributed by atoms with Crippen molar-refractivity contribution in [3.8, 4) is 0 Å². The molecule has 2 saturated heterocycles. The van der Waals surface area contributed by atoms with Gasteiger partial charge in [-0.1, -0.05) is 0 Å². The van der Waals surface area contributed by atoms with Gasteiger partial charge >= 0.3 is 35.8 Å². The van der Waals surface area contributed by atoms with E-state index in [4.69, 9.17) is 42.6 Å². The summed E-state index contributed by atoms with van der Waals surface area (Å²) in [4.78, 5) is 75.1. The average molecular weight is 606 g/mol. The van der Waals surface area contributed by atoms with Crippen molar-refractivity contribution in [2.75, 3.05) is 13.2 Å². The van der Waals surface area contributed by atoms with E-state index in [1.54, 1.807) is 0 Å². The minimum absolute atomic E-state index is 0.383. The molecule has 16 nitrogen and oxygen atoms in total. The molecule has 0 saturated carbocycles. The molecule has 9 atom stereocenters. The Hall–Kier alpha value is -3.50. The highest BCUT2D eigenvalue weighted by atomic mass is 32.1. The van der Waals surface area contributed by atoms with Crippen LogP contribution in [0, 0.1) is 0 Å². The fraction of sp³-hybridized carbons (Fsp3) is 0.708. The van der Waals surface area contributed by atoms with Crippen LogP contribution in [0.15, 0.2) is 4.99 Å². The predicted molar refractivity (Wildman–Crippen MR) is 133 cm³/mol. The molecule has 2 rings (SSSR count). The van der Waals surface area contributed by atoms with E-state index in [-0.39, 0.29) is 6.61 Å². The second kappa shape index (κ2) is 15.5. The molecule has 228 valence electrons. The number of nitrogens with zero attached hydrogens (tertiary/aromatic N) is 1. The van der Waals surface area contributed by atoms with Gasteiger partial charge in [0.05, 0.1) is 11.8 Å². The molecule has 2 aliphatic heterocycles. The normalized spacial score (nSPS) is 30.9. The number of hydrogen-bond donors (Lipinski definition) is 0. The highest BCUT2D eigenvalue weighted by Crippen LogP contribution is 2.33. The number of carbonyl (C=O) groups excluding carboxylic acids is 6. The van der Waals surface area contributed by atoms with E-state index >= 15 is 0 Å². The van der Waals surface area contributed by atoms with Crippen molar-refractivity contribution in [3.05, 3.63) is 0 Å². The van der Waals surface area contributed by atoms with Crippen molar-refractivity contribution >= 4 is 53.2 Å². The number of rotatable bonds is 10. The molecule has 41 heavy (non-hydrogen) atoms. The van der Waals surface area contributed by atoms with Crippen molar-refractivity contribution in [1.82, 2.24) is 0 Å². The van der Waals surface area contributed by atoms with Gasteiger partial charge in [0.1, 0.15) is 18.8 Å². The lowest BCUT2D eigenvalue weighted by atomic mass is 9.96. The van der Waals surface area contributed by atoms with Crippen LogP contribution < -0.4 is 0 Å². The third-order valence-electron chi connectivity index (χ3n) is 5.44. The zero-order chi connectivity index (χ0) is 30.9. The van der Waals surface area contributed by atoms with Gasteiger partial charge in [-0.15, -0.1) is 0 Å². The Kier molecular flexibility index (Phi) is 12.7. The van der Waals surface area contributed by atoms with E-state index in [0.717, 1.165) is 41.5 Å². The minimum Gasteiger partial charge on any atom is -0.463 e. The molecule has 0 aromatic rings. The molecular formula is C24H31NO15S. The molecule has 9 unspecified atom stereocenters. The first-order valence-corrected chi connectivity index (χ1v) is 12.6. The average Bonchev–Trinajstić information content (AvgIpc) is 2.83. The molecule has 17 heteroatoms. The summed E-state index contributed by atoms with van der Waals surface area (Å²) in [5, 5.41) is 2.10. The summed E-state index contributed by atoms with van der Waals surface area (Å²) in [5.41, 5.74) is 0. The molecule has 0 spiro atoms. The second-order valence-corrected chi connectivity index (χ2v) is 9.02. The number of carbonyl (C=O) groups is 6. The Morgan fingerprint density at radius 1 is 0.707 bits per heavy atom. The maximum Gasteiger partial charge on any atom is 0.303 e. The molecule has 2 heterocycles. The van der Waals surface area contributed by atoms with Crippen molar-refractivity contribution in [3.63, 3.8) is 0 Å². The number of ether oxygens (including phenoxy) is 9. The van der Waals surface area contributed by atoms with Gasteiger partial charge in [-0.25, -0.2) is 0 Å². The summed E-state index contributed by atoms with van der Waals surface area (Å²) in [7, 11) is 0. The van der Waals surface area contributed by atoms with Gasteiger partial charge in [0, 0.05) is 41.5 Å². The topological polar surface area (TPSA) is 198 Å². The van der Waals surface area contributed by atoms with Crippen LogP contribution in [-0.4, -0.2) is 109 Å². The van der Waals surface area contributed by atoms with Crippen molar-refractivity contribution in [1.29, 1.82) is 0 Å². The molecule has 0 radical (unpaired) electrons. The lowest BCUT2D eigenvalue weighted by Crippen LogP contribution is -2.65. The van der Waals surface area contributed by atoms with Crippen LogP contribution in [0.25, 0.3) is 0 Å². The monoisotopic (exact) mass is 605 g/mol. The highest BCUT2D eigenvalue weighted by molar-refractivity contribution is 7.78. The number of hydrogen-bond acceptors (Lipinski definition) is 17. The zero-order valence-electron chi connectivity index (χ0n) is 23.1. The summed E-state index contributed by atoms with van der Waals surface area (Å²) in [5.74, 6) is -4.69.